The number of nitrogens with one attached hydrogen (secondary N) is 1. The number of anilines is 1. The summed E-state index contributed by atoms with van der Waals surface area (Å²) in [6, 6.07) is 6.99. The van der Waals surface area contributed by atoms with Crippen LogP contribution in [0.25, 0.3) is 0 Å². The van der Waals surface area contributed by atoms with Crippen LogP contribution in [-0.4, -0.2) is 55.0 Å². The molecule has 0 aliphatic carbocycles. The number of hydrogen-bond donors (Lipinski definition) is 1. The fraction of sp³-hybridized carbons (Fsp3) is 0.556. The molecule has 2 atom stereocenters. The van der Waals surface area contributed by atoms with E-state index in [0.717, 1.165) is 30.9 Å². The lowest BCUT2D eigenvalue weighted by Gasteiger charge is -2.26. The van der Waals surface area contributed by atoms with E-state index in [1.807, 2.05) is 0 Å². The molecule has 5 nitrogen and oxygen atoms in total. The van der Waals surface area contributed by atoms with Crippen LogP contribution in [0.5, 0.6) is 0 Å². The second-order valence-electron chi connectivity index (χ2n) is 6.41. The van der Waals surface area contributed by atoms with Crippen LogP contribution in [0, 0.1) is 5.92 Å². The molecule has 1 aromatic rings. The Morgan fingerprint density at radius 3 is 2.62 bits per heavy atom. The van der Waals surface area contributed by atoms with Crippen molar-refractivity contribution in [1.82, 2.24) is 4.90 Å². The molecule has 0 spiro atoms. The highest BCUT2D eigenvalue weighted by molar-refractivity contribution is 7.99. The van der Waals surface area contributed by atoms with Gasteiger partial charge in [0.1, 0.15) is 0 Å². The van der Waals surface area contributed by atoms with Crippen molar-refractivity contribution in [2.24, 2.45) is 5.92 Å². The van der Waals surface area contributed by atoms with Crippen molar-refractivity contribution < 1.29 is 14.3 Å². The molecule has 2 unspecified atom stereocenters. The largest absolute Gasteiger partial charge is 0.378 e. The van der Waals surface area contributed by atoms with E-state index in [1.165, 1.54) is 4.90 Å². The smallest absolute Gasteiger partial charge is 0.253 e. The van der Waals surface area contributed by atoms with Crippen LogP contribution in [0.3, 0.4) is 0 Å². The lowest BCUT2D eigenvalue weighted by Crippen LogP contribution is -2.25. The zero-order valence-electron chi connectivity index (χ0n) is 14.6. The predicted octanol–water partition coefficient (Wildman–Crippen LogP) is 2.88. The topological polar surface area (TPSA) is 58.6 Å². The van der Waals surface area contributed by atoms with Crippen molar-refractivity contribution in [2.45, 2.75) is 25.9 Å². The van der Waals surface area contributed by atoms with Crippen LogP contribution >= 0.6 is 11.8 Å². The Kier molecular flexibility index (Phi) is 7.12. The first kappa shape index (κ1) is 18.8. The van der Waals surface area contributed by atoms with Crippen molar-refractivity contribution in [3.05, 3.63) is 29.8 Å². The summed E-state index contributed by atoms with van der Waals surface area (Å²) in [7, 11) is 3.43. The molecule has 1 aliphatic rings. The van der Waals surface area contributed by atoms with E-state index in [2.05, 4.69) is 12.2 Å². The van der Waals surface area contributed by atoms with Crippen molar-refractivity contribution in [3.8, 4) is 0 Å². The van der Waals surface area contributed by atoms with Gasteiger partial charge >= 0.3 is 0 Å². The zero-order valence-corrected chi connectivity index (χ0v) is 15.4. The maximum Gasteiger partial charge on any atom is 0.253 e. The summed E-state index contributed by atoms with van der Waals surface area (Å²) in [5.74, 6) is 2.03. The van der Waals surface area contributed by atoms with Crippen molar-refractivity contribution in [3.63, 3.8) is 0 Å². The number of rotatable bonds is 6. The van der Waals surface area contributed by atoms with Gasteiger partial charge in [0.15, 0.2) is 0 Å². The van der Waals surface area contributed by atoms with E-state index >= 15 is 0 Å². The highest BCUT2D eigenvalue weighted by atomic mass is 32.2. The fourth-order valence-corrected chi connectivity index (χ4v) is 3.72. The molecule has 0 bridgehead atoms. The van der Waals surface area contributed by atoms with Gasteiger partial charge in [-0.2, -0.15) is 11.8 Å². The Morgan fingerprint density at radius 1 is 1.29 bits per heavy atom. The van der Waals surface area contributed by atoms with Gasteiger partial charge in [0, 0.05) is 32.0 Å². The monoisotopic (exact) mass is 350 g/mol. The molecule has 1 aromatic carbocycles. The number of benzene rings is 1. The second kappa shape index (κ2) is 9.08. The summed E-state index contributed by atoms with van der Waals surface area (Å²) in [6.07, 6.45) is 2.50. The van der Waals surface area contributed by atoms with Gasteiger partial charge in [-0.25, -0.2) is 0 Å². The van der Waals surface area contributed by atoms with Crippen LogP contribution in [-0.2, 0) is 9.53 Å². The summed E-state index contributed by atoms with van der Waals surface area (Å²) in [5, 5.41) is 2.87. The first-order valence-electron chi connectivity index (χ1n) is 8.26. The second-order valence-corrected chi connectivity index (χ2v) is 7.44. The minimum absolute atomic E-state index is 0.00760. The highest BCUT2D eigenvalue weighted by Crippen LogP contribution is 2.23. The normalized spacial score (nSPS) is 20.5. The Balaban J connectivity index is 1.73. The number of carbonyl (C=O) groups is 2. The van der Waals surface area contributed by atoms with E-state index in [1.54, 1.807) is 50.1 Å². The van der Waals surface area contributed by atoms with E-state index in [9.17, 15) is 9.59 Å². The Morgan fingerprint density at radius 2 is 2.00 bits per heavy atom. The average Bonchev–Trinajstić information content (AvgIpc) is 2.55. The molecule has 0 aromatic heterocycles. The van der Waals surface area contributed by atoms with E-state index < -0.39 is 0 Å². The first-order valence-corrected chi connectivity index (χ1v) is 9.42. The van der Waals surface area contributed by atoms with Crippen LogP contribution in [0.15, 0.2) is 24.3 Å². The molecule has 132 valence electrons. The number of carbonyl (C=O) groups excluding carboxylic acids is 2. The van der Waals surface area contributed by atoms with E-state index in [-0.39, 0.29) is 11.8 Å². The van der Waals surface area contributed by atoms with Gasteiger partial charge in [0.25, 0.3) is 5.91 Å². The molecular formula is C18H26N2O3S. The Labute approximate surface area is 148 Å². The minimum Gasteiger partial charge on any atom is -0.378 e. The summed E-state index contributed by atoms with van der Waals surface area (Å²) in [4.78, 5) is 25.4. The van der Waals surface area contributed by atoms with Crippen LogP contribution < -0.4 is 5.32 Å². The number of thioether (sulfide) groups is 1. The number of amides is 2. The molecular weight excluding hydrogens is 324 g/mol. The third kappa shape index (κ3) is 5.83. The summed E-state index contributed by atoms with van der Waals surface area (Å²) in [5.41, 5.74) is 1.33. The summed E-state index contributed by atoms with van der Waals surface area (Å²) in [6.45, 7) is 2.94. The van der Waals surface area contributed by atoms with Gasteiger partial charge in [0.05, 0.1) is 11.9 Å². The van der Waals surface area contributed by atoms with Gasteiger partial charge in [-0.1, -0.05) is 0 Å². The fourth-order valence-electron chi connectivity index (χ4n) is 2.71. The van der Waals surface area contributed by atoms with Gasteiger partial charge in [-0.15, -0.1) is 0 Å². The predicted molar refractivity (Wildman–Crippen MR) is 98.6 cm³/mol. The van der Waals surface area contributed by atoms with E-state index in [0.29, 0.717) is 23.3 Å². The molecule has 1 saturated heterocycles. The average molecular weight is 350 g/mol. The van der Waals surface area contributed by atoms with Crippen molar-refractivity contribution in [1.29, 1.82) is 0 Å². The maximum absolute atomic E-state index is 12.0. The summed E-state index contributed by atoms with van der Waals surface area (Å²) < 4.78 is 5.54. The lowest BCUT2D eigenvalue weighted by molar-refractivity contribution is -0.113. The molecule has 0 saturated carbocycles. The van der Waals surface area contributed by atoms with Crippen molar-refractivity contribution >= 4 is 29.3 Å². The molecule has 6 heteroatoms. The molecule has 2 amide bonds. The molecule has 1 heterocycles. The molecule has 2 rings (SSSR count). The zero-order chi connectivity index (χ0) is 17.5. The SMILES string of the molecule is CC1CC(CSCC(=O)Nc2ccc(C(=O)N(C)C)cc2)CCO1. The van der Waals surface area contributed by atoms with Gasteiger partial charge in [-0.05, 0) is 55.7 Å². The quantitative estimate of drug-likeness (QED) is 0.857. The molecule has 24 heavy (non-hydrogen) atoms. The van der Waals surface area contributed by atoms with Crippen LogP contribution in [0.2, 0.25) is 0 Å². The third-order valence-corrected chi connectivity index (χ3v) is 5.18. The van der Waals surface area contributed by atoms with Crippen molar-refractivity contribution in [2.75, 3.05) is 37.5 Å². The number of ether oxygens (including phenoxy) is 1. The van der Waals surface area contributed by atoms with Crippen LogP contribution in [0.1, 0.15) is 30.1 Å². The van der Waals surface area contributed by atoms with E-state index in [4.69, 9.17) is 4.74 Å². The number of hydrogen-bond acceptors (Lipinski definition) is 4. The highest BCUT2D eigenvalue weighted by Gasteiger charge is 2.19. The Hall–Kier alpha value is -1.53. The standard InChI is InChI=1S/C18H26N2O3S/c1-13-10-14(8-9-23-13)11-24-12-17(21)19-16-6-4-15(5-7-16)18(22)20(2)3/h4-7,13-14H,8-12H2,1-3H3,(H,19,21). The van der Waals surface area contributed by atoms with Crippen LogP contribution in [0.4, 0.5) is 5.69 Å². The maximum atomic E-state index is 12.0. The minimum atomic E-state index is -0.0471. The molecule has 0 radical (unpaired) electrons. The molecule has 1 N–H and O–H groups in total. The lowest BCUT2D eigenvalue weighted by atomic mass is 9.98. The first-order chi connectivity index (χ1) is 11.5. The van der Waals surface area contributed by atoms with Gasteiger partial charge in [0.2, 0.25) is 5.91 Å². The molecule has 1 fully saturated rings. The number of nitrogens with zero attached hydrogens (tertiary/aromatic N) is 1. The summed E-state index contributed by atoms with van der Waals surface area (Å²) >= 11 is 1.67. The van der Waals surface area contributed by atoms with Gasteiger partial charge < -0.3 is 15.0 Å². The van der Waals surface area contributed by atoms with Gasteiger partial charge in [-0.3, -0.25) is 9.59 Å². The molecule has 1 aliphatic heterocycles. The Bertz CT molecular complexity index is 560. The third-order valence-electron chi connectivity index (χ3n) is 4.00.